The van der Waals surface area contributed by atoms with E-state index in [2.05, 4.69) is 28.9 Å². The van der Waals surface area contributed by atoms with Gasteiger partial charge in [0.1, 0.15) is 0 Å². The highest BCUT2D eigenvalue weighted by Gasteiger charge is 2.29. The quantitative estimate of drug-likeness (QED) is 0.932. The van der Waals surface area contributed by atoms with Crippen molar-refractivity contribution in [3.8, 4) is 0 Å². The van der Waals surface area contributed by atoms with Crippen LogP contribution in [0.2, 0.25) is 5.02 Å². The molecule has 0 radical (unpaired) electrons. The van der Waals surface area contributed by atoms with E-state index in [4.69, 9.17) is 17.3 Å². The van der Waals surface area contributed by atoms with Gasteiger partial charge in [0.2, 0.25) is 0 Å². The molecule has 0 bridgehead atoms. The second-order valence-corrected chi connectivity index (χ2v) is 7.02. The maximum absolute atomic E-state index is 6.19. The largest absolute Gasteiger partial charge is 0.370 e. The van der Waals surface area contributed by atoms with Gasteiger partial charge < -0.3 is 10.6 Å². The van der Waals surface area contributed by atoms with Crippen molar-refractivity contribution >= 4 is 17.3 Å². The minimum atomic E-state index is 0.164. The van der Waals surface area contributed by atoms with Gasteiger partial charge in [-0.15, -0.1) is 0 Å². The topological polar surface area (TPSA) is 32.5 Å². The SMILES string of the molecule is CC(N)Cc1cc(Cl)ccc1N1CCCN2CCCC2C1. The van der Waals surface area contributed by atoms with Gasteiger partial charge in [-0.05, 0) is 62.9 Å². The van der Waals surface area contributed by atoms with E-state index < -0.39 is 0 Å². The Morgan fingerprint density at radius 3 is 2.90 bits per heavy atom. The minimum absolute atomic E-state index is 0.164. The molecule has 0 saturated carbocycles. The van der Waals surface area contributed by atoms with E-state index in [1.54, 1.807) is 0 Å². The summed E-state index contributed by atoms with van der Waals surface area (Å²) in [6.45, 7) is 6.88. The zero-order valence-electron chi connectivity index (χ0n) is 12.9. The number of hydrogen-bond donors (Lipinski definition) is 1. The highest BCUT2D eigenvalue weighted by atomic mass is 35.5. The standard InChI is InChI=1S/C17H26ClN3/c1-13(19)10-14-11-15(18)5-6-17(14)21-9-3-8-20-7-2-4-16(20)12-21/h5-6,11,13,16H,2-4,7-10,12,19H2,1H3. The zero-order chi connectivity index (χ0) is 14.8. The van der Waals surface area contributed by atoms with Crippen LogP contribution < -0.4 is 10.6 Å². The van der Waals surface area contributed by atoms with Crippen molar-refractivity contribution in [2.24, 2.45) is 5.73 Å². The molecular formula is C17H26ClN3. The predicted molar refractivity (Wildman–Crippen MR) is 90.2 cm³/mol. The van der Waals surface area contributed by atoms with E-state index >= 15 is 0 Å². The van der Waals surface area contributed by atoms with Gasteiger partial charge in [-0.2, -0.15) is 0 Å². The highest BCUT2D eigenvalue weighted by molar-refractivity contribution is 6.30. The summed E-state index contributed by atoms with van der Waals surface area (Å²) in [7, 11) is 0. The molecule has 3 rings (SSSR count). The van der Waals surface area contributed by atoms with Gasteiger partial charge in [0, 0.05) is 42.4 Å². The molecule has 2 atom stereocenters. The van der Waals surface area contributed by atoms with Gasteiger partial charge >= 0.3 is 0 Å². The molecule has 4 heteroatoms. The van der Waals surface area contributed by atoms with Gasteiger partial charge in [-0.1, -0.05) is 11.6 Å². The Morgan fingerprint density at radius 2 is 2.10 bits per heavy atom. The summed E-state index contributed by atoms with van der Waals surface area (Å²) in [5, 5.41) is 0.812. The molecule has 21 heavy (non-hydrogen) atoms. The van der Waals surface area contributed by atoms with Crippen LogP contribution in [-0.4, -0.2) is 43.2 Å². The van der Waals surface area contributed by atoms with Gasteiger partial charge in [-0.25, -0.2) is 0 Å². The predicted octanol–water partition coefficient (Wildman–Crippen LogP) is 2.90. The Kier molecular flexibility index (Phi) is 4.72. The Hall–Kier alpha value is -0.770. The van der Waals surface area contributed by atoms with E-state index in [0.29, 0.717) is 0 Å². The molecule has 2 heterocycles. The maximum atomic E-state index is 6.19. The second-order valence-electron chi connectivity index (χ2n) is 6.59. The van der Waals surface area contributed by atoms with Crippen LogP contribution in [0.3, 0.4) is 0 Å². The monoisotopic (exact) mass is 307 g/mol. The lowest BCUT2D eigenvalue weighted by molar-refractivity contribution is 0.273. The van der Waals surface area contributed by atoms with Gasteiger partial charge in [0.15, 0.2) is 0 Å². The molecule has 1 aromatic rings. The molecule has 3 nitrogen and oxygen atoms in total. The number of halogens is 1. The first-order valence-electron chi connectivity index (χ1n) is 8.16. The van der Waals surface area contributed by atoms with Gasteiger partial charge in [0.25, 0.3) is 0 Å². The Morgan fingerprint density at radius 1 is 1.29 bits per heavy atom. The molecule has 0 amide bonds. The third-order valence-electron chi connectivity index (χ3n) is 4.73. The molecule has 1 aromatic carbocycles. The summed E-state index contributed by atoms with van der Waals surface area (Å²) in [5.41, 5.74) is 8.65. The van der Waals surface area contributed by atoms with Crippen molar-refractivity contribution in [2.75, 3.05) is 31.1 Å². The van der Waals surface area contributed by atoms with E-state index in [-0.39, 0.29) is 6.04 Å². The smallest absolute Gasteiger partial charge is 0.0410 e. The van der Waals surface area contributed by atoms with E-state index in [1.165, 1.54) is 43.6 Å². The fourth-order valence-electron chi connectivity index (χ4n) is 3.80. The summed E-state index contributed by atoms with van der Waals surface area (Å²) < 4.78 is 0. The van der Waals surface area contributed by atoms with Crippen LogP contribution in [0.4, 0.5) is 5.69 Å². The average Bonchev–Trinajstić information content (AvgIpc) is 2.76. The lowest BCUT2D eigenvalue weighted by Gasteiger charge is -2.29. The van der Waals surface area contributed by atoms with Crippen LogP contribution in [0.25, 0.3) is 0 Å². The second kappa shape index (κ2) is 6.55. The van der Waals surface area contributed by atoms with E-state index in [9.17, 15) is 0 Å². The highest BCUT2D eigenvalue weighted by Crippen LogP contribution is 2.29. The van der Waals surface area contributed by atoms with Crippen LogP contribution >= 0.6 is 11.6 Å². The summed E-state index contributed by atoms with van der Waals surface area (Å²) in [6.07, 6.45) is 4.83. The number of benzene rings is 1. The lowest BCUT2D eigenvalue weighted by atomic mass is 10.0. The third kappa shape index (κ3) is 3.53. The van der Waals surface area contributed by atoms with Crippen LogP contribution in [0.1, 0.15) is 31.7 Å². The first kappa shape index (κ1) is 15.1. The third-order valence-corrected chi connectivity index (χ3v) is 4.96. The number of rotatable bonds is 3. The number of anilines is 1. The molecule has 2 aliphatic rings. The summed E-state index contributed by atoms with van der Waals surface area (Å²) in [5.74, 6) is 0. The molecule has 2 fully saturated rings. The maximum Gasteiger partial charge on any atom is 0.0410 e. The molecular weight excluding hydrogens is 282 g/mol. The summed E-state index contributed by atoms with van der Waals surface area (Å²) in [4.78, 5) is 5.23. The van der Waals surface area contributed by atoms with Crippen LogP contribution in [0, 0.1) is 0 Å². The van der Waals surface area contributed by atoms with Crippen molar-refractivity contribution in [3.05, 3.63) is 28.8 Å². The number of hydrogen-bond acceptors (Lipinski definition) is 3. The minimum Gasteiger partial charge on any atom is -0.370 e. The van der Waals surface area contributed by atoms with Crippen molar-refractivity contribution in [2.45, 2.75) is 44.7 Å². The average molecular weight is 308 g/mol. The molecule has 0 spiro atoms. The van der Waals surface area contributed by atoms with Crippen molar-refractivity contribution in [1.29, 1.82) is 0 Å². The molecule has 2 N–H and O–H groups in total. The summed E-state index contributed by atoms with van der Waals surface area (Å²) >= 11 is 6.19. The first-order chi connectivity index (χ1) is 10.1. The van der Waals surface area contributed by atoms with E-state index in [0.717, 1.165) is 30.6 Å². The first-order valence-corrected chi connectivity index (χ1v) is 8.54. The summed E-state index contributed by atoms with van der Waals surface area (Å²) in [6, 6.07) is 7.18. The molecule has 2 saturated heterocycles. The Balaban J connectivity index is 1.84. The lowest BCUT2D eigenvalue weighted by Crippen LogP contribution is -2.37. The van der Waals surface area contributed by atoms with E-state index in [1.807, 2.05) is 6.07 Å². The zero-order valence-corrected chi connectivity index (χ0v) is 13.6. The van der Waals surface area contributed by atoms with Crippen molar-refractivity contribution in [1.82, 2.24) is 4.90 Å². The molecule has 0 aliphatic carbocycles. The number of nitrogens with two attached hydrogens (primary N) is 1. The van der Waals surface area contributed by atoms with Crippen molar-refractivity contribution < 1.29 is 0 Å². The van der Waals surface area contributed by atoms with Gasteiger partial charge in [0.05, 0.1) is 0 Å². The number of fused-ring (bicyclic) bond motifs is 1. The van der Waals surface area contributed by atoms with Gasteiger partial charge in [-0.3, -0.25) is 4.90 Å². The van der Waals surface area contributed by atoms with Crippen LogP contribution in [-0.2, 0) is 6.42 Å². The fourth-order valence-corrected chi connectivity index (χ4v) is 3.99. The molecule has 2 aliphatic heterocycles. The molecule has 0 aromatic heterocycles. The molecule has 2 unspecified atom stereocenters. The Bertz CT molecular complexity index is 489. The Labute approximate surface area is 133 Å². The normalized spacial score (nSPS) is 24.7. The van der Waals surface area contributed by atoms with Crippen LogP contribution in [0.15, 0.2) is 18.2 Å². The number of nitrogens with zero attached hydrogens (tertiary/aromatic N) is 2. The molecule has 116 valence electrons. The van der Waals surface area contributed by atoms with Crippen molar-refractivity contribution in [3.63, 3.8) is 0 Å². The fraction of sp³-hybridized carbons (Fsp3) is 0.647. The van der Waals surface area contributed by atoms with Crippen LogP contribution in [0.5, 0.6) is 0 Å².